The molecule has 0 aromatic heterocycles. The number of rotatable bonds is 10. The molecule has 3 N–H and O–H groups in total. The number of carboxylic acids is 1. The summed E-state index contributed by atoms with van der Waals surface area (Å²) in [6.07, 6.45) is 6.27. The zero-order valence-electron chi connectivity index (χ0n) is 17.8. The van der Waals surface area contributed by atoms with E-state index in [0.29, 0.717) is 23.4 Å². The van der Waals surface area contributed by atoms with E-state index in [1.807, 2.05) is 18.2 Å². The number of unbranched alkanes of at least 4 members (excludes halogenated alkanes) is 2. The molecule has 7 heteroatoms. The molecule has 0 aliphatic carbocycles. The lowest BCUT2D eigenvalue weighted by molar-refractivity contribution is -0.139. The lowest BCUT2D eigenvalue weighted by atomic mass is 10.00. The number of amides is 1. The number of carbonyl (C=O) groups excluding carboxylic acids is 1. The van der Waals surface area contributed by atoms with Crippen molar-refractivity contribution < 1.29 is 19.4 Å². The molecular weight excluding hydrogens is 394 g/mol. The number of aryl methyl sites for hydroxylation is 1. The van der Waals surface area contributed by atoms with Gasteiger partial charge in [-0.2, -0.15) is 5.10 Å². The van der Waals surface area contributed by atoms with Crippen LogP contribution in [0.5, 0.6) is 5.75 Å². The average Bonchev–Trinajstić information content (AvgIpc) is 2.76. The number of hydrazone groups is 1. The number of fused-ring (bicyclic) bond motifs is 1. The maximum Gasteiger partial charge on any atom is 0.307 e. The van der Waals surface area contributed by atoms with Crippen LogP contribution in [0.25, 0.3) is 0 Å². The second kappa shape index (κ2) is 11.2. The van der Waals surface area contributed by atoms with E-state index in [4.69, 9.17) is 9.84 Å². The first kappa shape index (κ1) is 22.3. The van der Waals surface area contributed by atoms with Crippen LogP contribution < -0.4 is 15.5 Å². The first-order valence-electron chi connectivity index (χ1n) is 10.7. The van der Waals surface area contributed by atoms with Gasteiger partial charge in [0.15, 0.2) is 0 Å². The Morgan fingerprint density at radius 2 is 2.00 bits per heavy atom. The van der Waals surface area contributed by atoms with Crippen LogP contribution in [0.3, 0.4) is 0 Å². The van der Waals surface area contributed by atoms with Crippen molar-refractivity contribution in [3.63, 3.8) is 0 Å². The van der Waals surface area contributed by atoms with Gasteiger partial charge < -0.3 is 20.6 Å². The van der Waals surface area contributed by atoms with E-state index in [1.165, 1.54) is 12.8 Å². The van der Waals surface area contributed by atoms with Crippen molar-refractivity contribution in [1.82, 2.24) is 5.43 Å². The van der Waals surface area contributed by atoms with Crippen molar-refractivity contribution in [3.8, 4) is 5.75 Å². The molecule has 164 valence electrons. The average molecular weight is 424 g/mol. The molecule has 1 atom stereocenters. The minimum absolute atomic E-state index is 0.00640. The Labute approximate surface area is 182 Å². The summed E-state index contributed by atoms with van der Waals surface area (Å²) in [4.78, 5) is 23.4. The van der Waals surface area contributed by atoms with Crippen molar-refractivity contribution in [3.05, 3.63) is 59.2 Å². The van der Waals surface area contributed by atoms with Gasteiger partial charge in [-0.05, 0) is 60.7 Å². The highest BCUT2D eigenvalue weighted by Crippen LogP contribution is 2.31. The molecule has 1 aliphatic rings. The van der Waals surface area contributed by atoms with E-state index < -0.39 is 5.97 Å². The highest BCUT2D eigenvalue weighted by molar-refractivity contribution is 6.04. The molecule has 1 aliphatic heterocycles. The number of nitrogens with zero attached hydrogens (tertiary/aromatic N) is 1. The van der Waals surface area contributed by atoms with Gasteiger partial charge in [-0.15, -0.1) is 0 Å². The fourth-order valence-electron chi connectivity index (χ4n) is 3.42. The normalized spacial score (nSPS) is 15.2. The van der Waals surface area contributed by atoms with Crippen molar-refractivity contribution in [2.75, 3.05) is 11.9 Å². The topological polar surface area (TPSA) is 100 Å². The van der Waals surface area contributed by atoms with Crippen LogP contribution >= 0.6 is 0 Å². The lowest BCUT2D eigenvalue weighted by Gasteiger charge is -2.25. The fourth-order valence-corrected chi connectivity index (χ4v) is 3.42. The van der Waals surface area contributed by atoms with Crippen molar-refractivity contribution in [2.24, 2.45) is 5.10 Å². The van der Waals surface area contributed by atoms with E-state index in [-0.39, 0.29) is 18.4 Å². The third-order valence-corrected chi connectivity index (χ3v) is 5.12. The summed E-state index contributed by atoms with van der Waals surface area (Å²) < 4.78 is 5.75. The maximum atomic E-state index is 12.6. The molecule has 0 saturated heterocycles. The molecule has 1 amide bonds. The Balaban J connectivity index is 1.53. The molecule has 0 fully saturated rings. The SMILES string of the molecule is CCCCCNN=Cc1ccc(C(=O)Nc2ccc3c(c2)CCC(CC(=O)O)O3)cc1. The number of nitrogens with one attached hydrogen (secondary N) is 2. The number of carboxylic acid groups (broad SMARTS) is 1. The number of carbonyl (C=O) groups is 2. The van der Waals surface area contributed by atoms with Gasteiger partial charge in [0.05, 0.1) is 12.6 Å². The maximum absolute atomic E-state index is 12.6. The molecule has 7 nitrogen and oxygen atoms in total. The third kappa shape index (κ3) is 6.84. The molecular formula is C24H29N3O4. The molecule has 0 spiro atoms. The van der Waals surface area contributed by atoms with E-state index in [2.05, 4.69) is 22.8 Å². The van der Waals surface area contributed by atoms with Gasteiger partial charge in [0.25, 0.3) is 5.91 Å². The predicted octanol–water partition coefficient (Wildman–Crippen LogP) is 4.22. The molecule has 0 saturated carbocycles. The van der Waals surface area contributed by atoms with Crippen molar-refractivity contribution in [1.29, 1.82) is 0 Å². The van der Waals surface area contributed by atoms with Crippen LogP contribution in [0.1, 0.15) is 60.5 Å². The van der Waals surface area contributed by atoms with E-state index in [1.54, 1.807) is 30.5 Å². The molecule has 1 unspecified atom stereocenters. The number of hydrogen-bond acceptors (Lipinski definition) is 5. The Kier molecular flexibility index (Phi) is 8.04. The lowest BCUT2D eigenvalue weighted by Crippen LogP contribution is -2.25. The van der Waals surface area contributed by atoms with Gasteiger partial charge in [-0.1, -0.05) is 31.9 Å². The number of aliphatic carboxylic acids is 1. The van der Waals surface area contributed by atoms with Crippen LogP contribution in [-0.4, -0.2) is 35.8 Å². The molecule has 31 heavy (non-hydrogen) atoms. The second-order valence-corrected chi connectivity index (χ2v) is 7.65. The monoisotopic (exact) mass is 423 g/mol. The summed E-state index contributed by atoms with van der Waals surface area (Å²) in [6, 6.07) is 12.7. The van der Waals surface area contributed by atoms with Crippen LogP contribution in [0, 0.1) is 0 Å². The molecule has 3 rings (SSSR count). The van der Waals surface area contributed by atoms with Crippen LogP contribution in [-0.2, 0) is 11.2 Å². The van der Waals surface area contributed by atoms with Crippen LogP contribution in [0.2, 0.25) is 0 Å². The van der Waals surface area contributed by atoms with Gasteiger partial charge in [-0.25, -0.2) is 0 Å². The summed E-state index contributed by atoms with van der Waals surface area (Å²) in [5.41, 5.74) is 6.16. The van der Waals surface area contributed by atoms with Crippen LogP contribution in [0.4, 0.5) is 5.69 Å². The smallest absolute Gasteiger partial charge is 0.307 e. The first-order chi connectivity index (χ1) is 15.0. The quantitative estimate of drug-likeness (QED) is 0.302. The Morgan fingerprint density at radius 3 is 2.74 bits per heavy atom. The molecule has 0 bridgehead atoms. The zero-order valence-corrected chi connectivity index (χ0v) is 17.8. The predicted molar refractivity (Wildman–Crippen MR) is 121 cm³/mol. The summed E-state index contributed by atoms with van der Waals surface area (Å²) >= 11 is 0. The van der Waals surface area contributed by atoms with Crippen molar-refractivity contribution >= 4 is 23.8 Å². The minimum Gasteiger partial charge on any atom is -0.490 e. The highest BCUT2D eigenvalue weighted by atomic mass is 16.5. The molecule has 2 aromatic carbocycles. The number of hydrogen-bond donors (Lipinski definition) is 3. The first-order valence-corrected chi connectivity index (χ1v) is 10.7. The van der Waals surface area contributed by atoms with Gasteiger partial charge >= 0.3 is 5.97 Å². The second-order valence-electron chi connectivity index (χ2n) is 7.65. The molecule has 0 radical (unpaired) electrons. The Morgan fingerprint density at radius 1 is 1.19 bits per heavy atom. The summed E-state index contributed by atoms with van der Waals surface area (Å²) in [5, 5.41) is 16.0. The Bertz CT molecular complexity index is 925. The highest BCUT2D eigenvalue weighted by Gasteiger charge is 2.22. The van der Waals surface area contributed by atoms with Gasteiger partial charge in [0, 0.05) is 17.8 Å². The van der Waals surface area contributed by atoms with Gasteiger partial charge in [-0.3, -0.25) is 9.59 Å². The number of ether oxygens (including phenoxy) is 1. The third-order valence-electron chi connectivity index (χ3n) is 5.12. The fraction of sp³-hybridized carbons (Fsp3) is 0.375. The van der Waals surface area contributed by atoms with E-state index in [0.717, 1.165) is 30.5 Å². The molecule has 2 aromatic rings. The van der Waals surface area contributed by atoms with E-state index >= 15 is 0 Å². The Hall–Kier alpha value is -3.35. The largest absolute Gasteiger partial charge is 0.490 e. The zero-order chi connectivity index (χ0) is 22.1. The standard InChI is InChI=1S/C24H29N3O4/c1-2-3-4-13-25-26-16-17-5-7-18(8-6-17)24(30)27-20-10-12-22-19(14-20)9-11-21(31-22)15-23(28)29/h5-8,10,12,14,16,21,25H,2-4,9,11,13,15H2,1H3,(H,27,30)(H,28,29). The summed E-state index contributed by atoms with van der Waals surface area (Å²) in [6.45, 7) is 3.02. The molecule has 1 heterocycles. The van der Waals surface area contributed by atoms with Gasteiger partial charge in [0.1, 0.15) is 11.9 Å². The van der Waals surface area contributed by atoms with E-state index in [9.17, 15) is 9.59 Å². The summed E-state index contributed by atoms with van der Waals surface area (Å²) in [7, 11) is 0. The summed E-state index contributed by atoms with van der Waals surface area (Å²) in [5.74, 6) is -0.373. The number of anilines is 1. The minimum atomic E-state index is -0.863. The number of benzene rings is 2. The van der Waals surface area contributed by atoms with Gasteiger partial charge in [0.2, 0.25) is 0 Å². The van der Waals surface area contributed by atoms with Crippen LogP contribution in [0.15, 0.2) is 47.6 Å². The van der Waals surface area contributed by atoms with Crippen molar-refractivity contribution in [2.45, 2.75) is 51.6 Å².